The molecule has 1 aliphatic heterocycles. The van der Waals surface area contributed by atoms with Crippen molar-refractivity contribution in [1.29, 1.82) is 0 Å². The van der Waals surface area contributed by atoms with Crippen molar-refractivity contribution < 1.29 is 18.7 Å². The van der Waals surface area contributed by atoms with E-state index in [1.165, 1.54) is 25.4 Å². The Morgan fingerprint density at radius 1 is 1.20 bits per heavy atom. The summed E-state index contributed by atoms with van der Waals surface area (Å²) in [5.74, 6) is -0.521. The van der Waals surface area contributed by atoms with Gasteiger partial charge in [-0.25, -0.2) is 9.18 Å². The van der Waals surface area contributed by atoms with Crippen LogP contribution in [0.4, 0.5) is 20.6 Å². The normalized spacial score (nSPS) is 14.9. The molecule has 1 aliphatic rings. The molecule has 0 unspecified atom stereocenters. The van der Waals surface area contributed by atoms with Gasteiger partial charge in [0.05, 0.1) is 11.9 Å². The number of nitrogens with zero attached hydrogens (tertiary/aromatic N) is 2. The molecule has 0 atom stereocenters. The van der Waals surface area contributed by atoms with Gasteiger partial charge in [0.2, 0.25) is 5.91 Å². The van der Waals surface area contributed by atoms with Gasteiger partial charge in [0.15, 0.2) is 0 Å². The second kappa shape index (κ2) is 10.7. The van der Waals surface area contributed by atoms with E-state index in [4.69, 9.17) is 4.74 Å². The number of amides is 3. The van der Waals surface area contributed by atoms with E-state index in [1.54, 1.807) is 24.4 Å². The monoisotopic (exact) mass is 415 g/mol. The predicted molar refractivity (Wildman–Crippen MR) is 112 cm³/mol. The molecule has 0 spiro atoms. The third-order valence-electron chi connectivity index (χ3n) is 4.77. The maximum atomic E-state index is 14.1. The number of benzene rings is 1. The highest BCUT2D eigenvalue weighted by molar-refractivity contribution is 5.99. The number of aromatic nitrogens is 1. The molecule has 30 heavy (non-hydrogen) atoms. The van der Waals surface area contributed by atoms with Gasteiger partial charge in [0, 0.05) is 44.7 Å². The molecule has 8 nitrogen and oxygen atoms in total. The average Bonchev–Trinajstić information content (AvgIpc) is 2.70. The number of methoxy groups -OCH3 is 1. The Morgan fingerprint density at radius 3 is 2.67 bits per heavy atom. The van der Waals surface area contributed by atoms with Crippen LogP contribution in [0.3, 0.4) is 0 Å². The molecule has 0 saturated carbocycles. The predicted octanol–water partition coefficient (Wildman–Crippen LogP) is 2.59. The molecule has 1 aromatic carbocycles. The van der Waals surface area contributed by atoms with Crippen molar-refractivity contribution in [2.45, 2.75) is 25.4 Å². The van der Waals surface area contributed by atoms with E-state index in [2.05, 4.69) is 25.8 Å². The minimum absolute atomic E-state index is 0.0631. The zero-order valence-corrected chi connectivity index (χ0v) is 16.9. The van der Waals surface area contributed by atoms with Crippen molar-refractivity contribution >= 4 is 23.3 Å². The molecule has 2 aromatic rings. The van der Waals surface area contributed by atoms with Crippen molar-refractivity contribution in [3.63, 3.8) is 0 Å². The number of piperidine rings is 1. The number of likely N-dealkylation sites (tertiary alicyclic amines) is 1. The first-order chi connectivity index (χ1) is 14.5. The Kier molecular flexibility index (Phi) is 7.69. The lowest BCUT2D eigenvalue weighted by atomic mass is 10.0. The minimum atomic E-state index is -0.466. The summed E-state index contributed by atoms with van der Waals surface area (Å²) in [6, 6.07) is 7.60. The number of rotatable bonds is 7. The maximum Gasteiger partial charge on any atom is 0.323 e. The number of hydrogen-bond donors (Lipinski definition) is 3. The van der Waals surface area contributed by atoms with Gasteiger partial charge in [-0.2, -0.15) is 0 Å². The number of halogens is 1. The molecule has 2 heterocycles. The average molecular weight is 415 g/mol. The van der Waals surface area contributed by atoms with Gasteiger partial charge in [-0.15, -0.1) is 0 Å². The standard InChI is InChI=1S/C21H26FN5O3/c1-30-14-20(28)24-17-4-7-27(8-5-17)13-15-9-16(22)11-19(10-15)26-21(29)25-18-3-2-6-23-12-18/h2-3,6,9-12,17H,4-5,7-8,13-14H2,1H3,(H,24,28)(H2,25,26,29). The van der Waals surface area contributed by atoms with Crippen molar-refractivity contribution in [2.24, 2.45) is 0 Å². The smallest absolute Gasteiger partial charge is 0.323 e. The van der Waals surface area contributed by atoms with Crippen molar-refractivity contribution in [3.05, 3.63) is 54.1 Å². The van der Waals surface area contributed by atoms with E-state index in [1.807, 2.05) is 0 Å². The van der Waals surface area contributed by atoms with Crippen LogP contribution in [0, 0.1) is 5.82 Å². The molecule has 9 heteroatoms. The summed E-state index contributed by atoms with van der Waals surface area (Å²) in [6.45, 7) is 2.21. The van der Waals surface area contributed by atoms with Crippen LogP contribution in [0.2, 0.25) is 0 Å². The molecule has 3 N–H and O–H groups in total. The molecule has 0 bridgehead atoms. The van der Waals surface area contributed by atoms with Crippen molar-refractivity contribution in [3.8, 4) is 0 Å². The molecule has 1 aromatic heterocycles. The zero-order chi connectivity index (χ0) is 21.3. The summed E-state index contributed by atoms with van der Waals surface area (Å²) in [5.41, 5.74) is 1.70. The molecular weight excluding hydrogens is 389 g/mol. The summed E-state index contributed by atoms with van der Waals surface area (Å²) in [4.78, 5) is 29.9. The van der Waals surface area contributed by atoms with Crippen molar-refractivity contribution in [1.82, 2.24) is 15.2 Å². The zero-order valence-electron chi connectivity index (χ0n) is 16.9. The van der Waals surface area contributed by atoms with Crippen LogP contribution in [0.1, 0.15) is 18.4 Å². The van der Waals surface area contributed by atoms with E-state index in [0.29, 0.717) is 17.9 Å². The van der Waals surface area contributed by atoms with E-state index < -0.39 is 11.8 Å². The second-order valence-electron chi connectivity index (χ2n) is 7.22. The van der Waals surface area contributed by atoms with Crippen LogP contribution < -0.4 is 16.0 Å². The fourth-order valence-corrected chi connectivity index (χ4v) is 3.44. The number of carbonyl (C=O) groups is 2. The lowest BCUT2D eigenvalue weighted by molar-refractivity contribution is -0.125. The minimum Gasteiger partial charge on any atom is -0.375 e. The molecule has 3 rings (SSSR count). The molecule has 0 aliphatic carbocycles. The third-order valence-corrected chi connectivity index (χ3v) is 4.77. The fraction of sp³-hybridized carbons (Fsp3) is 0.381. The summed E-state index contributed by atoms with van der Waals surface area (Å²) in [6.07, 6.45) is 4.78. The van der Waals surface area contributed by atoms with Gasteiger partial charge in [0.25, 0.3) is 0 Å². The number of urea groups is 1. The highest BCUT2D eigenvalue weighted by atomic mass is 19.1. The summed E-state index contributed by atoms with van der Waals surface area (Å²) in [5, 5.41) is 8.26. The van der Waals surface area contributed by atoms with Crippen LogP contribution in [-0.4, -0.2) is 54.7 Å². The number of nitrogens with one attached hydrogen (secondary N) is 3. The summed E-state index contributed by atoms with van der Waals surface area (Å²) >= 11 is 0. The van der Waals surface area contributed by atoms with Gasteiger partial charge in [0.1, 0.15) is 12.4 Å². The number of anilines is 2. The molecule has 1 saturated heterocycles. The molecule has 160 valence electrons. The number of pyridine rings is 1. The summed E-state index contributed by atoms with van der Waals surface area (Å²) < 4.78 is 18.9. The van der Waals surface area contributed by atoms with Gasteiger partial charge in [-0.1, -0.05) is 0 Å². The second-order valence-corrected chi connectivity index (χ2v) is 7.22. The Hall–Kier alpha value is -3.04. The largest absolute Gasteiger partial charge is 0.375 e. The maximum absolute atomic E-state index is 14.1. The Bertz CT molecular complexity index is 857. The van der Waals surface area contributed by atoms with Crippen LogP contribution in [0.15, 0.2) is 42.7 Å². The fourth-order valence-electron chi connectivity index (χ4n) is 3.44. The van der Waals surface area contributed by atoms with E-state index >= 15 is 0 Å². The highest BCUT2D eigenvalue weighted by Gasteiger charge is 2.21. The van der Waals surface area contributed by atoms with Gasteiger partial charge in [-0.3, -0.25) is 14.7 Å². The first-order valence-corrected chi connectivity index (χ1v) is 9.80. The van der Waals surface area contributed by atoms with Crippen LogP contribution in [0.25, 0.3) is 0 Å². The molecular formula is C21H26FN5O3. The van der Waals surface area contributed by atoms with Crippen LogP contribution in [-0.2, 0) is 16.1 Å². The van der Waals surface area contributed by atoms with Gasteiger partial charge in [-0.05, 0) is 48.7 Å². The number of carbonyl (C=O) groups excluding carboxylic acids is 2. The van der Waals surface area contributed by atoms with Crippen LogP contribution in [0.5, 0.6) is 0 Å². The lowest BCUT2D eigenvalue weighted by Gasteiger charge is -2.32. The summed E-state index contributed by atoms with van der Waals surface area (Å²) in [7, 11) is 1.49. The van der Waals surface area contributed by atoms with E-state index in [9.17, 15) is 14.0 Å². The Labute approximate surface area is 174 Å². The first kappa shape index (κ1) is 21.7. The van der Waals surface area contributed by atoms with E-state index in [0.717, 1.165) is 31.5 Å². The molecule has 3 amide bonds. The third kappa shape index (κ3) is 6.78. The number of hydrogen-bond acceptors (Lipinski definition) is 5. The molecule has 1 fully saturated rings. The Balaban J connectivity index is 1.52. The topological polar surface area (TPSA) is 95.6 Å². The van der Waals surface area contributed by atoms with Gasteiger partial charge < -0.3 is 20.7 Å². The Morgan fingerprint density at radius 2 is 1.97 bits per heavy atom. The quantitative estimate of drug-likeness (QED) is 0.646. The number of ether oxygens (including phenoxy) is 1. The van der Waals surface area contributed by atoms with E-state index in [-0.39, 0.29) is 18.6 Å². The van der Waals surface area contributed by atoms with Gasteiger partial charge >= 0.3 is 6.03 Å². The molecule has 0 radical (unpaired) electrons. The van der Waals surface area contributed by atoms with Crippen LogP contribution >= 0.6 is 0 Å². The van der Waals surface area contributed by atoms with Crippen molar-refractivity contribution in [2.75, 3.05) is 37.4 Å². The SMILES string of the molecule is COCC(=O)NC1CCN(Cc2cc(F)cc(NC(=O)Nc3cccnc3)c2)CC1. The highest BCUT2D eigenvalue weighted by Crippen LogP contribution is 2.19. The lowest BCUT2D eigenvalue weighted by Crippen LogP contribution is -2.45. The first-order valence-electron chi connectivity index (χ1n) is 9.80.